The molecule has 5 nitrogen and oxygen atoms in total. The molecule has 0 fully saturated rings. The van der Waals surface area contributed by atoms with E-state index in [-0.39, 0.29) is 5.56 Å². The van der Waals surface area contributed by atoms with Crippen LogP contribution in [0.25, 0.3) is 10.9 Å². The number of unbranched alkanes of at least 4 members (excludes halogenated alkanes) is 2. The summed E-state index contributed by atoms with van der Waals surface area (Å²) in [5.41, 5.74) is 0.954. The molecule has 1 aromatic carbocycles. The summed E-state index contributed by atoms with van der Waals surface area (Å²) in [6.07, 6.45) is 11.3. The van der Waals surface area contributed by atoms with Crippen LogP contribution in [0.5, 0.6) is 0 Å². The molecule has 176 valence electrons. The highest BCUT2D eigenvalue weighted by Crippen LogP contribution is 2.20. The van der Waals surface area contributed by atoms with Crippen molar-refractivity contribution in [2.24, 2.45) is 0 Å². The average molecular weight is 509 g/mol. The zero-order valence-corrected chi connectivity index (χ0v) is 21.5. The minimum Gasteiger partial charge on any atom is -0.318 e. The minimum absolute atomic E-state index is 0.0203. The molecule has 4 aromatic rings. The van der Waals surface area contributed by atoms with Gasteiger partial charge < -0.3 is 4.57 Å². The van der Waals surface area contributed by atoms with Crippen LogP contribution >= 0.6 is 35.7 Å². The highest BCUT2D eigenvalue weighted by molar-refractivity contribution is 7.99. The zero-order chi connectivity index (χ0) is 23.6. The summed E-state index contributed by atoms with van der Waals surface area (Å²) in [6, 6.07) is 16.0. The molecule has 0 radical (unpaired) electrons. The van der Waals surface area contributed by atoms with Crippen molar-refractivity contribution in [1.29, 1.82) is 0 Å². The maximum Gasteiger partial charge on any atom is 0.262 e. The second-order valence-corrected chi connectivity index (χ2v) is 10.6. The fourth-order valence-electron chi connectivity index (χ4n) is 3.78. The summed E-state index contributed by atoms with van der Waals surface area (Å²) in [4.78, 5) is 23.8. The molecule has 0 saturated heterocycles. The molecule has 8 heteroatoms. The third-order valence-electron chi connectivity index (χ3n) is 5.52. The molecule has 3 aromatic heterocycles. The number of rotatable bonds is 12. The van der Waals surface area contributed by atoms with Crippen LogP contribution in [0.15, 0.2) is 87.9 Å². The van der Waals surface area contributed by atoms with Gasteiger partial charge in [0.2, 0.25) is 0 Å². The molecule has 0 amide bonds. The molecular formula is C26H28N4OS3. The van der Waals surface area contributed by atoms with Crippen LogP contribution in [0, 0.1) is 4.77 Å². The molecular weight excluding hydrogens is 481 g/mol. The number of hydrogen-bond donors (Lipinski definition) is 0. The van der Waals surface area contributed by atoms with Gasteiger partial charge in [0.1, 0.15) is 0 Å². The van der Waals surface area contributed by atoms with Gasteiger partial charge in [-0.25, -0.2) is 0 Å². The monoisotopic (exact) mass is 508 g/mol. The number of hydrogen-bond acceptors (Lipinski definition) is 6. The van der Waals surface area contributed by atoms with Crippen molar-refractivity contribution >= 4 is 46.6 Å². The van der Waals surface area contributed by atoms with Gasteiger partial charge in [-0.05, 0) is 85.8 Å². The van der Waals surface area contributed by atoms with Gasteiger partial charge in [0.25, 0.3) is 5.56 Å². The lowest BCUT2D eigenvalue weighted by molar-refractivity contribution is 0.551. The van der Waals surface area contributed by atoms with Crippen molar-refractivity contribution in [3.05, 3.63) is 88.4 Å². The van der Waals surface area contributed by atoms with Crippen LogP contribution in [0.1, 0.15) is 25.7 Å². The van der Waals surface area contributed by atoms with Crippen molar-refractivity contribution in [3.63, 3.8) is 0 Å². The molecule has 0 N–H and O–H groups in total. The summed E-state index contributed by atoms with van der Waals surface area (Å²) in [7, 11) is 0. The largest absolute Gasteiger partial charge is 0.318 e. The molecule has 0 atom stereocenters. The second kappa shape index (κ2) is 12.9. The SMILES string of the molecule is O=c1c2ccccc2n(CCCCSc2ccncc2)c(=S)n1CCCCSc1ccncc1. The Morgan fingerprint density at radius 3 is 1.82 bits per heavy atom. The first-order valence-electron chi connectivity index (χ1n) is 11.5. The van der Waals surface area contributed by atoms with Gasteiger partial charge in [0.15, 0.2) is 4.77 Å². The van der Waals surface area contributed by atoms with Gasteiger partial charge in [-0.3, -0.25) is 19.3 Å². The molecule has 0 aliphatic heterocycles. The highest BCUT2D eigenvalue weighted by Gasteiger charge is 2.10. The molecule has 0 aliphatic rings. The second-order valence-electron chi connectivity index (χ2n) is 7.89. The molecule has 4 rings (SSSR count). The number of nitrogens with zero attached hydrogens (tertiary/aromatic N) is 4. The van der Waals surface area contributed by atoms with E-state index < -0.39 is 0 Å². The Morgan fingerprint density at radius 1 is 0.706 bits per heavy atom. The summed E-state index contributed by atoms with van der Waals surface area (Å²) in [5, 5.41) is 0.744. The predicted octanol–water partition coefficient (Wildman–Crippen LogP) is 6.47. The van der Waals surface area contributed by atoms with Crippen molar-refractivity contribution in [2.75, 3.05) is 11.5 Å². The summed E-state index contributed by atoms with van der Waals surface area (Å²) >= 11 is 9.48. The van der Waals surface area contributed by atoms with E-state index in [4.69, 9.17) is 12.2 Å². The topological polar surface area (TPSA) is 52.7 Å². The fraction of sp³-hybridized carbons (Fsp3) is 0.308. The number of aromatic nitrogens is 4. The van der Waals surface area contributed by atoms with Gasteiger partial charge in [0, 0.05) is 47.7 Å². The fourth-order valence-corrected chi connectivity index (χ4v) is 5.94. The first kappa shape index (κ1) is 24.7. The molecule has 0 saturated carbocycles. The predicted molar refractivity (Wildman–Crippen MR) is 145 cm³/mol. The van der Waals surface area contributed by atoms with E-state index in [1.807, 2.05) is 96.8 Å². The first-order chi connectivity index (χ1) is 16.7. The van der Waals surface area contributed by atoms with Gasteiger partial charge in [-0.15, -0.1) is 23.5 Å². The summed E-state index contributed by atoms with van der Waals surface area (Å²) in [5.74, 6) is 2.05. The van der Waals surface area contributed by atoms with E-state index in [0.717, 1.165) is 54.6 Å². The lowest BCUT2D eigenvalue weighted by Crippen LogP contribution is -2.26. The number of fused-ring (bicyclic) bond motifs is 1. The Kier molecular flexibility index (Phi) is 9.35. The smallest absolute Gasteiger partial charge is 0.262 e. The number of pyridine rings is 2. The van der Waals surface area contributed by atoms with E-state index in [1.54, 1.807) is 4.57 Å². The van der Waals surface area contributed by atoms with Crippen molar-refractivity contribution in [2.45, 2.75) is 48.6 Å². The summed E-state index contributed by atoms with van der Waals surface area (Å²) in [6.45, 7) is 1.46. The molecule has 0 bridgehead atoms. The minimum atomic E-state index is 0.0203. The maximum atomic E-state index is 13.2. The van der Waals surface area contributed by atoms with Crippen molar-refractivity contribution in [3.8, 4) is 0 Å². The normalized spacial score (nSPS) is 11.2. The maximum absolute atomic E-state index is 13.2. The Balaban J connectivity index is 1.38. The quantitative estimate of drug-likeness (QED) is 0.124. The molecule has 0 unspecified atom stereocenters. The Hall–Kier alpha value is -2.42. The van der Waals surface area contributed by atoms with Crippen molar-refractivity contribution in [1.82, 2.24) is 19.1 Å². The van der Waals surface area contributed by atoms with Crippen LogP contribution in [-0.2, 0) is 13.1 Å². The van der Waals surface area contributed by atoms with E-state index in [9.17, 15) is 4.79 Å². The molecule has 3 heterocycles. The third-order valence-corrected chi connectivity index (χ3v) is 8.16. The highest BCUT2D eigenvalue weighted by atomic mass is 32.2. The lowest BCUT2D eigenvalue weighted by Gasteiger charge is -2.16. The van der Waals surface area contributed by atoms with E-state index in [0.29, 0.717) is 11.3 Å². The van der Waals surface area contributed by atoms with E-state index in [2.05, 4.69) is 14.5 Å². The van der Waals surface area contributed by atoms with Gasteiger partial charge in [-0.2, -0.15) is 0 Å². The Morgan fingerprint density at radius 2 is 1.24 bits per heavy atom. The average Bonchev–Trinajstić information content (AvgIpc) is 2.88. The van der Waals surface area contributed by atoms with Gasteiger partial charge in [-0.1, -0.05) is 12.1 Å². The van der Waals surface area contributed by atoms with Crippen LogP contribution < -0.4 is 5.56 Å². The Labute approximate surface area is 213 Å². The van der Waals surface area contributed by atoms with E-state index >= 15 is 0 Å². The lowest BCUT2D eigenvalue weighted by atomic mass is 10.2. The first-order valence-corrected chi connectivity index (χ1v) is 13.9. The standard InChI is InChI=1S/C26H28N4OS3/c31-25-23-7-1-2-8-24(23)29(17-3-5-19-33-21-9-13-27-14-10-21)26(32)30(25)18-4-6-20-34-22-11-15-28-16-12-22/h1-2,7-16H,3-6,17-20H2. The van der Waals surface area contributed by atoms with Crippen LogP contribution in [0.4, 0.5) is 0 Å². The van der Waals surface area contributed by atoms with Crippen molar-refractivity contribution < 1.29 is 0 Å². The number of benzene rings is 1. The van der Waals surface area contributed by atoms with Gasteiger partial charge in [0.05, 0.1) is 10.9 Å². The molecule has 0 aliphatic carbocycles. The van der Waals surface area contributed by atoms with Crippen LogP contribution in [-0.4, -0.2) is 30.6 Å². The van der Waals surface area contributed by atoms with Crippen LogP contribution in [0.2, 0.25) is 0 Å². The molecule has 0 spiro atoms. The number of thioether (sulfide) groups is 2. The number of aryl methyl sites for hydroxylation is 1. The summed E-state index contributed by atoms with van der Waals surface area (Å²) < 4.78 is 4.57. The van der Waals surface area contributed by atoms with E-state index in [1.165, 1.54) is 9.79 Å². The Bertz CT molecular complexity index is 1310. The third kappa shape index (κ3) is 6.58. The van der Waals surface area contributed by atoms with Gasteiger partial charge >= 0.3 is 0 Å². The van der Waals surface area contributed by atoms with Crippen LogP contribution in [0.3, 0.4) is 0 Å². The molecule has 34 heavy (non-hydrogen) atoms. The number of para-hydroxylation sites is 1. The zero-order valence-electron chi connectivity index (χ0n) is 19.0.